The van der Waals surface area contributed by atoms with Gasteiger partial charge < -0.3 is 47.9 Å². The highest BCUT2D eigenvalue weighted by Crippen LogP contribution is 2.23. The van der Waals surface area contributed by atoms with E-state index in [1.165, 1.54) is 11.8 Å². The molecule has 0 radical (unpaired) electrons. The Labute approximate surface area is 231 Å². The fourth-order valence-corrected chi connectivity index (χ4v) is 4.74. The number of aliphatic imine (C=N–C) groups is 1. The molecule has 2 aromatic rings. The molecule has 218 valence electrons. The van der Waals surface area contributed by atoms with Gasteiger partial charge in [-0.25, -0.2) is 4.79 Å². The molecular weight excluding hydrogens is 520 g/mol. The van der Waals surface area contributed by atoms with Crippen molar-refractivity contribution < 1.29 is 29.4 Å². The minimum Gasteiger partial charge on any atom is -0.480 e. The normalized spacial score (nSPS) is 18.0. The lowest BCUT2D eigenvalue weighted by atomic mass is 10.0. The van der Waals surface area contributed by atoms with Crippen LogP contribution in [0.3, 0.4) is 0 Å². The summed E-state index contributed by atoms with van der Waals surface area (Å²) < 4.78 is 0. The van der Waals surface area contributed by atoms with Crippen molar-refractivity contribution >= 4 is 40.6 Å². The summed E-state index contributed by atoms with van der Waals surface area (Å²) in [6, 6.07) is 3.05. The number of amides is 3. The maximum atomic E-state index is 13.8. The van der Waals surface area contributed by atoms with Crippen molar-refractivity contribution in [2.75, 3.05) is 13.1 Å². The molecule has 3 amide bonds. The highest BCUT2D eigenvalue weighted by molar-refractivity contribution is 5.95. The van der Waals surface area contributed by atoms with Crippen molar-refractivity contribution in [1.82, 2.24) is 20.5 Å². The van der Waals surface area contributed by atoms with Crippen LogP contribution in [0.5, 0.6) is 0 Å². The molecule has 0 saturated carbocycles. The summed E-state index contributed by atoms with van der Waals surface area (Å²) in [5, 5.41) is 25.4. The van der Waals surface area contributed by atoms with Gasteiger partial charge in [-0.2, -0.15) is 0 Å². The number of aliphatic carboxylic acids is 1. The predicted octanol–water partition coefficient (Wildman–Crippen LogP) is -1.48. The topological polar surface area (TPSA) is 242 Å². The van der Waals surface area contributed by atoms with Crippen molar-refractivity contribution in [3.63, 3.8) is 0 Å². The highest BCUT2D eigenvalue weighted by Gasteiger charge is 2.39. The summed E-state index contributed by atoms with van der Waals surface area (Å²) >= 11 is 0. The van der Waals surface area contributed by atoms with Crippen LogP contribution in [-0.4, -0.2) is 93.1 Å². The molecule has 2 heterocycles. The summed E-state index contributed by atoms with van der Waals surface area (Å²) in [5.74, 6) is -3.14. The second-order valence-electron chi connectivity index (χ2n) is 9.93. The summed E-state index contributed by atoms with van der Waals surface area (Å²) in [6.45, 7) is 1.83. The number of aromatic nitrogens is 1. The Morgan fingerprint density at radius 3 is 2.58 bits per heavy atom. The van der Waals surface area contributed by atoms with Gasteiger partial charge in [0.2, 0.25) is 17.7 Å². The average Bonchev–Trinajstić information content (AvgIpc) is 3.56. The standard InChI is InChI=1S/C26H38N8O6/c1-14(35)21(27)23(37)33-19(12-15-13-31-17-7-3-2-6-16(15)17)24(38)34-11-5-9-20(34)22(36)32-18(25(39)40)8-4-10-30-26(28)29/h2-3,6-7,13-14,18-21,31,35H,4-5,8-12,27H2,1H3,(H,32,36)(H,33,37)(H,39,40)(H4,28,29,30). The Kier molecular flexibility index (Phi) is 10.4. The number of nitrogens with one attached hydrogen (secondary N) is 3. The summed E-state index contributed by atoms with van der Waals surface area (Å²) in [4.78, 5) is 59.8. The molecule has 11 N–H and O–H groups in total. The minimum absolute atomic E-state index is 0.0923. The number of fused-ring (bicyclic) bond motifs is 1. The van der Waals surface area contributed by atoms with E-state index in [0.29, 0.717) is 19.3 Å². The molecule has 0 aliphatic carbocycles. The number of guanidine groups is 1. The summed E-state index contributed by atoms with van der Waals surface area (Å²) in [7, 11) is 0. The van der Waals surface area contributed by atoms with Crippen LogP contribution in [0.25, 0.3) is 10.9 Å². The number of aliphatic hydroxyl groups is 1. The lowest BCUT2D eigenvalue weighted by Gasteiger charge is -2.30. The molecule has 5 atom stereocenters. The van der Waals surface area contributed by atoms with Crippen LogP contribution in [0.4, 0.5) is 0 Å². The van der Waals surface area contributed by atoms with Gasteiger partial charge >= 0.3 is 5.97 Å². The number of nitrogens with two attached hydrogens (primary N) is 3. The number of carboxylic acid groups (broad SMARTS) is 1. The largest absolute Gasteiger partial charge is 0.480 e. The third-order valence-electron chi connectivity index (χ3n) is 6.93. The number of nitrogens with zero attached hydrogens (tertiary/aromatic N) is 2. The van der Waals surface area contributed by atoms with E-state index in [4.69, 9.17) is 17.2 Å². The maximum Gasteiger partial charge on any atom is 0.326 e. The van der Waals surface area contributed by atoms with E-state index < -0.39 is 54.0 Å². The fraction of sp³-hybridized carbons (Fsp3) is 0.500. The number of hydrogen-bond donors (Lipinski definition) is 8. The van der Waals surface area contributed by atoms with Crippen molar-refractivity contribution in [3.05, 3.63) is 36.0 Å². The molecule has 1 aliphatic heterocycles. The number of aromatic amines is 1. The van der Waals surface area contributed by atoms with Gasteiger partial charge in [0, 0.05) is 36.6 Å². The molecule has 0 spiro atoms. The van der Waals surface area contributed by atoms with E-state index in [1.54, 1.807) is 6.20 Å². The molecule has 0 bridgehead atoms. The molecule has 14 heteroatoms. The van der Waals surface area contributed by atoms with Crippen molar-refractivity contribution in [3.8, 4) is 0 Å². The van der Waals surface area contributed by atoms with Gasteiger partial charge in [-0.3, -0.25) is 19.4 Å². The molecule has 1 aromatic carbocycles. The Bertz CT molecular complexity index is 1240. The lowest BCUT2D eigenvalue weighted by Crippen LogP contribution is -2.58. The van der Waals surface area contributed by atoms with Gasteiger partial charge in [-0.1, -0.05) is 18.2 Å². The first-order chi connectivity index (χ1) is 19.0. The zero-order chi connectivity index (χ0) is 29.4. The summed E-state index contributed by atoms with van der Waals surface area (Å²) in [5.41, 5.74) is 18.0. The number of hydrogen-bond acceptors (Lipinski definition) is 7. The van der Waals surface area contributed by atoms with Crippen LogP contribution in [-0.2, 0) is 25.6 Å². The van der Waals surface area contributed by atoms with Crippen LogP contribution in [0.1, 0.15) is 38.2 Å². The third kappa shape index (κ3) is 7.70. The average molecular weight is 559 g/mol. The van der Waals surface area contributed by atoms with Crippen LogP contribution >= 0.6 is 0 Å². The van der Waals surface area contributed by atoms with E-state index in [-0.39, 0.29) is 31.9 Å². The molecule has 3 rings (SSSR count). The van der Waals surface area contributed by atoms with Crippen molar-refractivity contribution in [2.45, 2.75) is 69.3 Å². The van der Waals surface area contributed by atoms with E-state index in [1.807, 2.05) is 24.3 Å². The second-order valence-corrected chi connectivity index (χ2v) is 9.93. The first-order valence-corrected chi connectivity index (χ1v) is 13.2. The molecule has 40 heavy (non-hydrogen) atoms. The third-order valence-corrected chi connectivity index (χ3v) is 6.93. The number of carbonyl (C=O) groups is 4. The Hall–Kier alpha value is -4.17. The fourth-order valence-electron chi connectivity index (χ4n) is 4.74. The number of carboxylic acids is 1. The highest BCUT2D eigenvalue weighted by atomic mass is 16.4. The zero-order valence-corrected chi connectivity index (χ0v) is 22.4. The van der Waals surface area contributed by atoms with Gasteiger partial charge in [0.15, 0.2) is 5.96 Å². The number of aliphatic hydroxyl groups excluding tert-OH is 1. The van der Waals surface area contributed by atoms with E-state index in [2.05, 4.69) is 20.6 Å². The van der Waals surface area contributed by atoms with Crippen molar-refractivity contribution in [1.29, 1.82) is 0 Å². The minimum atomic E-state index is -1.26. The van der Waals surface area contributed by atoms with E-state index in [9.17, 15) is 29.4 Å². The Balaban J connectivity index is 1.78. The molecule has 14 nitrogen and oxygen atoms in total. The number of likely N-dealkylation sites (tertiary alicyclic amines) is 1. The van der Waals surface area contributed by atoms with Crippen LogP contribution in [0.2, 0.25) is 0 Å². The van der Waals surface area contributed by atoms with Gasteiger partial charge in [0.25, 0.3) is 0 Å². The number of H-pyrrole nitrogens is 1. The van der Waals surface area contributed by atoms with Gasteiger partial charge in [0.1, 0.15) is 24.2 Å². The maximum absolute atomic E-state index is 13.8. The molecule has 5 unspecified atom stereocenters. The molecular formula is C26H38N8O6. The number of rotatable bonds is 13. The number of para-hydroxylation sites is 1. The quantitative estimate of drug-likeness (QED) is 0.0810. The predicted molar refractivity (Wildman–Crippen MR) is 148 cm³/mol. The number of benzene rings is 1. The van der Waals surface area contributed by atoms with Gasteiger partial charge in [-0.05, 0) is 44.2 Å². The monoisotopic (exact) mass is 558 g/mol. The first-order valence-electron chi connectivity index (χ1n) is 13.2. The molecule has 1 saturated heterocycles. The van der Waals surface area contributed by atoms with Crippen LogP contribution in [0, 0.1) is 0 Å². The summed E-state index contributed by atoms with van der Waals surface area (Å²) in [6.07, 6.45) is 1.98. The van der Waals surface area contributed by atoms with Crippen LogP contribution < -0.4 is 27.8 Å². The second kappa shape index (κ2) is 13.8. The number of carbonyl (C=O) groups excluding carboxylic acids is 3. The molecule has 1 fully saturated rings. The van der Waals surface area contributed by atoms with E-state index in [0.717, 1.165) is 16.5 Å². The SMILES string of the molecule is CC(O)C(N)C(=O)NC(Cc1c[nH]c2ccccc12)C(=O)N1CCCC1C(=O)NC(CCCN=C(N)N)C(=O)O. The van der Waals surface area contributed by atoms with Gasteiger partial charge in [0.05, 0.1) is 6.10 Å². The van der Waals surface area contributed by atoms with Crippen LogP contribution in [0.15, 0.2) is 35.5 Å². The molecule has 1 aliphatic rings. The smallest absolute Gasteiger partial charge is 0.326 e. The first kappa shape index (κ1) is 30.4. The van der Waals surface area contributed by atoms with Crippen molar-refractivity contribution in [2.24, 2.45) is 22.2 Å². The Morgan fingerprint density at radius 1 is 1.18 bits per heavy atom. The zero-order valence-electron chi connectivity index (χ0n) is 22.4. The van der Waals surface area contributed by atoms with Gasteiger partial charge in [-0.15, -0.1) is 0 Å². The Morgan fingerprint density at radius 2 is 1.90 bits per heavy atom. The van der Waals surface area contributed by atoms with E-state index >= 15 is 0 Å². The lowest BCUT2D eigenvalue weighted by molar-refractivity contribution is -0.145. The molecule has 1 aromatic heterocycles.